The number of carbonyl (C=O) groups excluding carboxylic acids is 1. The summed E-state index contributed by atoms with van der Waals surface area (Å²) in [4.78, 5) is 12.0. The molecule has 0 spiro atoms. The van der Waals surface area contributed by atoms with Crippen LogP contribution in [0.3, 0.4) is 0 Å². The van der Waals surface area contributed by atoms with Crippen molar-refractivity contribution < 1.29 is 9.21 Å². The first-order valence-corrected chi connectivity index (χ1v) is 6.63. The molecule has 0 aliphatic rings. The topological polar surface area (TPSA) is 68.3 Å². The summed E-state index contributed by atoms with van der Waals surface area (Å²) in [5, 5.41) is 3.77. The monoisotopic (exact) mass is 260 g/mol. The largest absolute Gasteiger partial charge is 0.451 e. The summed E-state index contributed by atoms with van der Waals surface area (Å²) in [6, 6.07) is 9.31. The van der Waals surface area contributed by atoms with Gasteiger partial charge in [-0.1, -0.05) is 32.0 Å². The van der Waals surface area contributed by atoms with Gasteiger partial charge in [0.2, 0.25) is 0 Å². The van der Waals surface area contributed by atoms with E-state index in [1.807, 2.05) is 38.1 Å². The van der Waals surface area contributed by atoms with E-state index in [2.05, 4.69) is 5.32 Å². The fourth-order valence-electron chi connectivity index (χ4n) is 1.94. The van der Waals surface area contributed by atoms with Gasteiger partial charge in [0.05, 0.1) is 0 Å². The highest BCUT2D eigenvalue weighted by atomic mass is 16.3. The highest BCUT2D eigenvalue weighted by molar-refractivity contribution is 5.96. The molecule has 1 heterocycles. The minimum absolute atomic E-state index is 0.215. The summed E-state index contributed by atoms with van der Waals surface area (Å²) in [6.07, 6.45) is 1.65. The second-order valence-corrected chi connectivity index (χ2v) is 4.90. The molecule has 1 aromatic heterocycles. The van der Waals surface area contributed by atoms with Crippen molar-refractivity contribution in [3.05, 3.63) is 36.1 Å². The van der Waals surface area contributed by atoms with E-state index < -0.39 is 0 Å². The zero-order chi connectivity index (χ0) is 13.9. The minimum atomic E-state index is -0.346. The third-order valence-electron chi connectivity index (χ3n) is 3.66. The van der Waals surface area contributed by atoms with Crippen LogP contribution in [-0.4, -0.2) is 18.0 Å². The van der Waals surface area contributed by atoms with Crippen LogP contribution in [0.1, 0.15) is 37.2 Å². The fourth-order valence-corrected chi connectivity index (χ4v) is 1.94. The van der Waals surface area contributed by atoms with E-state index in [1.165, 1.54) is 0 Å². The van der Waals surface area contributed by atoms with Gasteiger partial charge in [-0.15, -0.1) is 0 Å². The second-order valence-electron chi connectivity index (χ2n) is 4.90. The Morgan fingerprint density at radius 2 is 2.00 bits per heavy atom. The smallest absolute Gasteiger partial charge is 0.287 e. The number of nitrogens with one attached hydrogen (secondary N) is 1. The fraction of sp³-hybridized carbons (Fsp3) is 0.400. The molecule has 0 aliphatic carbocycles. The van der Waals surface area contributed by atoms with Gasteiger partial charge in [-0.05, 0) is 25.0 Å². The summed E-state index contributed by atoms with van der Waals surface area (Å²) in [5.74, 6) is 0.115. The number of nitrogens with two attached hydrogens (primary N) is 1. The van der Waals surface area contributed by atoms with Crippen molar-refractivity contribution in [2.45, 2.75) is 32.2 Å². The molecule has 19 heavy (non-hydrogen) atoms. The van der Waals surface area contributed by atoms with Gasteiger partial charge in [0.25, 0.3) is 5.91 Å². The van der Waals surface area contributed by atoms with Crippen LogP contribution in [0.25, 0.3) is 11.0 Å². The zero-order valence-corrected chi connectivity index (χ0v) is 11.4. The van der Waals surface area contributed by atoms with Gasteiger partial charge in [0.1, 0.15) is 5.58 Å². The molecule has 0 unspecified atom stereocenters. The normalized spacial score (nSPS) is 11.7. The van der Waals surface area contributed by atoms with Crippen molar-refractivity contribution in [3.63, 3.8) is 0 Å². The highest BCUT2D eigenvalue weighted by Crippen LogP contribution is 2.19. The Labute approximate surface area is 113 Å². The summed E-state index contributed by atoms with van der Waals surface area (Å²) in [5.41, 5.74) is 6.53. The predicted molar refractivity (Wildman–Crippen MR) is 76.0 cm³/mol. The molecule has 102 valence electrons. The molecule has 0 fully saturated rings. The van der Waals surface area contributed by atoms with Crippen LogP contribution in [0.15, 0.2) is 34.7 Å². The number of benzene rings is 1. The first-order chi connectivity index (χ1) is 9.08. The van der Waals surface area contributed by atoms with Crippen molar-refractivity contribution in [2.75, 3.05) is 6.54 Å². The Kier molecular flexibility index (Phi) is 3.90. The molecule has 0 aliphatic heterocycles. The minimum Gasteiger partial charge on any atom is -0.451 e. The van der Waals surface area contributed by atoms with Crippen molar-refractivity contribution in [1.29, 1.82) is 0 Å². The number of hydrogen-bond donors (Lipinski definition) is 2. The Morgan fingerprint density at radius 3 is 2.63 bits per heavy atom. The van der Waals surface area contributed by atoms with Crippen LogP contribution in [0.4, 0.5) is 0 Å². The van der Waals surface area contributed by atoms with Gasteiger partial charge in [-0.2, -0.15) is 0 Å². The Bertz CT molecular complexity index is 537. The average molecular weight is 260 g/mol. The Morgan fingerprint density at radius 1 is 1.32 bits per heavy atom. The molecule has 0 saturated carbocycles. The third kappa shape index (κ3) is 2.96. The summed E-state index contributed by atoms with van der Waals surface area (Å²) >= 11 is 0. The molecule has 0 atom stereocenters. The van der Waals surface area contributed by atoms with Gasteiger partial charge in [0.15, 0.2) is 5.76 Å². The maximum absolute atomic E-state index is 12.0. The number of fused-ring (bicyclic) bond motifs is 1. The Hall–Kier alpha value is -1.81. The van der Waals surface area contributed by atoms with E-state index in [0.717, 1.165) is 23.8 Å². The SMILES string of the molecule is CCC(N)(CC)CNC(=O)c1cc2ccccc2o1. The third-order valence-corrected chi connectivity index (χ3v) is 3.66. The van der Waals surface area contributed by atoms with E-state index in [4.69, 9.17) is 10.2 Å². The lowest BCUT2D eigenvalue weighted by atomic mass is 9.94. The van der Waals surface area contributed by atoms with Gasteiger partial charge < -0.3 is 15.5 Å². The Balaban J connectivity index is 2.08. The molecule has 1 amide bonds. The van der Waals surface area contributed by atoms with Crippen molar-refractivity contribution in [3.8, 4) is 0 Å². The lowest BCUT2D eigenvalue weighted by Gasteiger charge is -2.26. The van der Waals surface area contributed by atoms with Crippen molar-refractivity contribution >= 4 is 16.9 Å². The molecular weight excluding hydrogens is 240 g/mol. The van der Waals surface area contributed by atoms with Crippen LogP contribution >= 0.6 is 0 Å². The molecule has 3 N–H and O–H groups in total. The summed E-state index contributed by atoms with van der Waals surface area (Å²) < 4.78 is 5.51. The van der Waals surface area contributed by atoms with Crippen LogP contribution in [0, 0.1) is 0 Å². The first-order valence-electron chi connectivity index (χ1n) is 6.63. The molecular formula is C15H20N2O2. The molecule has 2 aromatic rings. The quantitative estimate of drug-likeness (QED) is 0.868. The molecule has 1 aromatic carbocycles. The van der Waals surface area contributed by atoms with Gasteiger partial charge in [0, 0.05) is 17.5 Å². The number of furan rings is 1. The lowest BCUT2D eigenvalue weighted by Crippen LogP contribution is -2.49. The van der Waals surface area contributed by atoms with E-state index in [0.29, 0.717) is 12.3 Å². The molecule has 2 rings (SSSR count). The van der Waals surface area contributed by atoms with Crippen LogP contribution in [0.5, 0.6) is 0 Å². The van der Waals surface area contributed by atoms with Crippen LogP contribution in [-0.2, 0) is 0 Å². The number of amides is 1. The average Bonchev–Trinajstić information content (AvgIpc) is 2.88. The van der Waals surface area contributed by atoms with E-state index in [9.17, 15) is 4.79 Å². The van der Waals surface area contributed by atoms with Gasteiger partial charge in [-0.3, -0.25) is 4.79 Å². The maximum Gasteiger partial charge on any atom is 0.287 e. The summed E-state index contributed by atoms with van der Waals surface area (Å²) in [6.45, 7) is 4.50. The van der Waals surface area contributed by atoms with Crippen LogP contribution in [0.2, 0.25) is 0 Å². The van der Waals surface area contributed by atoms with Gasteiger partial charge >= 0.3 is 0 Å². The molecule has 0 bridgehead atoms. The number of carbonyl (C=O) groups is 1. The van der Waals surface area contributed by atoms with E-state index in [1.54, 1.807) is 6.07 Å². The molecule has 4 nitrogen and oxygen atoms in total. The predicted octanol–water partition coefficient (Wildman–Crippen LogP) is 2.68. The maximum atomic E-state index is 12.0. The molecule has 4 heteroatoms. The van der Waals surface area contributed by atoms with Gasteiger partial charge in [-0.25, -0.2) is 0 Å². The first kappa shape index (κ1) is 13.6. The molecule has 0 radical (unpaired) electrons. The lowest BCUT2D eigenvalue weighted by molar-refractivity contribution is 0.0916. The number of rotatable bonds is 5. The van der Waals surface area contributed by atoms with Crippen LogP contribution < -0.4 is 11.1 Å². The van der Waals surface area contributed by atoms with E-state index >= 15 is 0 Å². The number of para-hydroxylation sites is 1. The van der Waals surface area contributed by atoms with E-state index in [-0.39, 0.29) is 11.4 Å². The standard InChI is InChI=1S/C15H20N2O2/c1-3-15(16,4-2)10-17-14(18)13-9-11-7-5-6-8-12(11)19-13/h5-9H,3-4,10,16H2,1-2H3,(H,17,18). The van der Waals surface area contributed by atoms with Crippen molar-refractivity contribution in [1.82, 2.24) is 5.32 Å². The summed E-state index contributed by atoms with van der Waals surface area (Å²) in [7, 11) is 0. The number of hydrogen-bond acceptors (Lipinski definition) is 3. The second kappa shape index (κ2) is 5.45. The van der Waals surface area contributed by atoms with Crippen molar-refractivity contribution in [2.24, 2.45) is 5.73 Å². The highest BCUT2D eigenvalue weighted by Gasteiger charge is 2.22. The molecule has 0 saturated heterocycles. The zero-order valence-electron chi connectivity index (χ0n) is 11.4.